The van der Waals surface area contributed by atoms with Crippen LogP contribution in [0.15, 0.2) is 34.6 Å². The zero-order chi connectivity index (χ0) is 20.6. The molecule has 0 radical (unpaired) electrons. The van der Waals surface area contributed by atoms with E-state index in [0.717, 1.165) is 49.7 Å². The molecule has 156 valence electrons. The standard InChI is InChI=1S/C22H30N4O2S/c1-16-4-5-17(14-19(16)28-3)6-10-24-22(23-2)25-11-7-21(27)26-12-8-20-18(15-26)9-13-29-20/h4-5,9,13-14H,6-8,10-12,15H2,1-3H3,(H2,23,24,25). The van der Waals surface area contributed by atoms with Crippen LogP contribution < -0.4 is 15.4 Å². The number of methoxy groups -OCH3 is 1. The van der Waals surface area contributed by atoms with Crippen LogP contribution in [-0.4, -0.2) is 50.6 Å². The van der Waals surface area contributed by atoms with Gasteiger partial charge in [0.05, 0.1) is 7.11 Å². The lowest BCUT2D eigenvalue weighted by Gasteiger charge is -2.27. The highest BCUT2D eigenvalue weighted by atomic mass is 32.1. The van der Waals surface area contributed by atoms with Crippen molar-refractivity contribution in [3.8, 4) is 5.75 Å². The number of aryl methyl sites for hydroxylation is 1. The Bertz CT molecular complexity index is 862. The molecule has 1 aromatic heterocycles. The van der Waals surface area contributed by atoms with Crippen molar-refractivity contribution in [1.29, 1.82) is 0 Å². The van der Waals surface area contributed by atoms with E-state index in [1.54, 1.807) is 25.5 Å². The Hall–Kier alpha value is -2.54. The maximum atomic E-state index is 12.5. The normalized spacial score (nSPS) is 13.8. The lowest BCUT2D eigenvalue weighted by Crippen LogP contribution is -2.41. The van der Waals surface area contributed by atoms with Crippen LogP contribution in [0.5, 0.6) is 5.75 Å². The van der Waals surface area contributed by atoms with E-state index in [-0.39, 0.29) is 5.91 Å². The molecule has 1 aromatic carbocycles. The topological polar surface area (TPSA) is 66.0 Å². The number of aliphatic imine (C=N–C) groups is 1. The van der Waals surface area contributed by atoms with Gasteiger partial charge in [0.15, 0.2) is 5.96 Å². The number of ether oxygens (including phenoxy) is 1. The first-order chi connectivity index (χ1) is 14.1. The summed E-state index contributed by atoms with van der Waals surface area (Å²) in [6.07, 6.45) is 2.31. The summed E-state index contributed by atoms with van der Waals surface area (Å²) in [7, 11) is 3.44. The number of hydrogen-bond acceptors (Lipinski definition) is 4. The molecule has 0 bridgehead atoms. The van der Waals surface area contributed by atoms with Crippen LogP contribution in [0.1, 0.15) is 28.0 Å². The average molecular weight is 415 g/mol. The number of thiophene rings is 1. The Morgan fingerprint density at radius 1 is 1.28 bits per heavy atom. The van der Waals surface area contributed by atoms with Crippen LogP contribution in [0.25, 0.3) is 0 Å². The first-order valence-corrected chi connectivity index (χ1v) is 10.9. The van der Waals surface area contributed by atoms with Gasteiger partial charge >= 0.3 is 0 Å². The summed E-state index contributed by atoms with van der Waals surface area (Å²) in [6.45, 7) is 4.93. The lowest BCUT2D eigenvalue weighted by molar-refractivity contribution is -0.131. The minimum absolute atomic E-state index is 0.191. The molecule has 1 aliphatic heterocycles. The fourth-order valence-electron chi connectivity index (χ4n) is 3.47. The number of carbonyl (C=O) groups excluding carboxylic acids is 1. The number of hydrogen-bond donors (Lipinski definition) is 2. The van der Waals surface area contributed by atoms with E-state index < -0.39 is 0 Å². The molecule has 7 heteroatoms. The molecule has 3 rings (SSSR count). The molecule has 6 nitrogen and oxygen atoms in total. The molecule has 0 spiro atoms. The molecule has 0 atom stereocenters. The number of carbonyl (C=O) groups is 1. The Labute approximate surface area is 177 Å². The largest absolute Gasteiger partial charge is 0.496 e. The zero-order valence-corrected chi connectivity index (χ0v) is 18.3. The average Bonchev–Trinajstić information content (AvgIpc) is 3.21. The first-order valence-electron chi connectivity index (χ1n) is 10.0. The Morgan fingerprint density at radius 3 is 2.90 bits per heavy atom. The fourth-order valence-corrected chi connectivity index (χ4v) is 4.36. The van der Waals surface area contributed by atoms with Crippen LogP contribution in [0.4, 0.5) is 0 Å². The third-order valence-electron chi connectivity index (χ3n) is 5.19. The van der Waals surface area contributed by atoms with Crippen molar-refractivity contribution in [2.24, 2.45) is 4.99 Å². The molecule has 29 heavy (non-hydrogen) atoms. The number of guanidine groups is 1. The lowest BCUT2D eigenvalue weighted by atomic mass is 10.1. The van der Waals surface area contributed by atoms with Crippen molar-refractivity contribution in [1.82, 2.24) is 15.5 Å². The van der Waals surface area contributed by atoms with Gasteiger partial charge in [-0.2, -0.15) is 0 Å². The van der Waals surface area contributed by atoms with Crippen molar-refractivity contribution in [3.63, 3.8) is 0 Å². The maximum Gasteiger partial charge on any atom is 0.224 e. The number of fused-ring (bicyclic) bond motifs is 1. The first kappa shape index (κ1) is 21.2. The van der Waals surface area contributed by atoms with E-state index in [1.165, 1.54) is 16.0 Å². The van der Waals surface area contributed by atoms with Gasteiger partial charge in [0, 0.05) is 44.5 Å². The molecule has 1 amide bonds. The number of benzene rings is 1. The highest BCUT2D eigenvalue weighted by Gasteiger charge is 2.20. The molecule has 2 heterocycles. The molecular weight excluding hydrogens is 384 g/mol. The number of rotatable bonds is 7. The van der Waals surface area contributed by atoms with Crippen LogP contribution in [0.3, 0.4) is 0 Å². The number of nitrogens with one attached hydrogen (secondary N) is 2. The van der Waals surface area contributed by atoms with Crippen molar-refractivity contribution < 1.29 is 9.53 Å². The molecule has 0 saturated heterocycles. The van der Waals surface area contributed by atoms with Crippen LogP contribution in [-0.2, 0) is 24.2 Å². The van der Waals surface area contributed by atoms with Gasteiger partial charge in [-0.25, -0.2) is 0 Å². The number of nitrogens with zero attached hydrogens (tertiary/aromatic N) is 2. The van der Waals surface area contributed by atoms with Gasteiger partial charge in [-0.05, 0) is 54.0 Å². The second kappa shape index (κ2) is 10.3. The van der Waals surface area contributed by atoms with Gasteiger partial charge in [0.2, 0.25) is 5.91 Å². The van der Waals surface area contributed by atoms with Gasteiger partial charge in [0.25, 0.3) is 0 Å². The van der Waals surface area contributed by atoms with E-state index in [1.807, 2.05) is 11.8 Å². The molecule has 1 aliphatic rings. The summed E-state index contributed by atoms with van der Waals surface area (Å²) in [5, 5.41) is 8.66. The Kier molecular flexibility index (Phi) is 7.52. The van der Waals surface area contributed by atoms with E-state index in [2.05, 4.69) is 45.3 Å². The minimum Gasteiger partial charge on any atom is -0.496 e. The van der Waals surface area contributed by atoms with Gasteiger partial charge in [-0.1, -0.05) is 12.1 Å². The van der Waals surface area contributed by atoms with E-state index >= 15 is 0 Å². The van der Waals surface area contributed by atoms with E-state index in [9.17, 15) is 4.79 Å². The molecular formula is C22H30N4O2S. The smallest absolute Gasteiger partial charge is 0.224 e. The maximum absolute atomic E-state index is 12.5. The number of amides is 1. The van der Waals surface area contributed by atoms with Crippen molar-refractivity contribution in [2.75, 3.05) is 33.8 Å². The third kappa shape index (κ3) is 5.73. The minimum atomic E-state index is 0.191. The van der Waals surface area contributed by atoms with Crippen LogP contribution >= 0.6 is 11.3 Å². The molecule has 0 saturated carbocycles. The Morgan fingerprint density at radius 2 is 2.10 bits per heavy atom. The SMILES string of the molecule is CN=C(NCCC(=O)N1CCc2sccc2C1)NCCc1ccc(C)c(OC)c1. The van der Waals surface area contributed by atoms with Crippen molar-refractivity contribution in [2.45, 2.75) is 32.7 Å². The predicted molar refractivity (Wildman–Crippen MR) is 119 cm³/mol. The quantitative estimate of drug-likeness (QED) is 0.540. The molecule has 0 unspecified atom stereocenters. The van der Waals surface area contributed by atoms with E-state index in [4.69, 9.17) is 4.74 Å². The second-order valence-electron chi connectivity index (χ2n) is 7.16. The van der Waals surface area contributed by atoms with Gasteiger partial charge in [0.1, 0.15) is 5.75 Å². The molecule has 0 aliphatic carbocycles. The molecule has 2 aromatic rings. The van der Waals surface area contributed by atoms with Crippen molar-refractivity contribution >= 4 is 23.2 Å². The summed E-state index contributed by atoms with van der Waals surface area (Å²) in [4.78, 5) is 20.1. The predicted octanol–water partition coefficient (Wildman–Crippen LogP) is 2.75. The fraction of sp³-hybridized carbons (Fsp3) is 0.455. The Balaban J connectivity index is 1.38. The zero-order valence-electron chi connectivity index (χ0n) is 17.5. The van der Waals surface area contributed by atoms with Gasteiger partial charge < -0.3 is 20.3 Å². The van der Waals surface area contributed by atoms with Crippen LogP contribution in [0, 0.1) is 6.92 Å². The summed E-state index contributed by atoms with van der Waals surface area (Å²) in [5.74, 6) is 1.82. The van der Waals surface area contributed by atoms with Crippen molar-refractivity contribution in [3.05, 3.63) is 51.2 Å². The summed E-state index contributed by atoms with van der Waals surface area (Å²) < 4.78 is 5.38. The molecule has 2 N–H and O–H groups in total. The monoisotopic (exact) mass is 414 g/mol. The van der Waals surface area contributed by atoms with Crippen LogP contribution in [0.2, 0.25) is 0 Å². The van der Waals surface area contributed by atoms with E-state index in [0.29, 0.717) is 13.0 Å². The third-order valence-corrected chi connectivity index (χ3v) is 6.22. The second-order valence-corrected chi connectivity index (χ2v) is 8.16. The summed E-state index contributed by atoms with van der Waals surface area (Å²) >= 11 is 1.79. The van der Waals surface area contributed by atoms with Gasteiger partial charge in [-0.15, -0.1) is 11.3 Å². The highest BCUT2D eigenvalue weighted by Crippen LogP contribution is 2.24. The van der Waals surface area contributed by atoms with Gasteiger partial charge in [-0.3, -0.25) is 9.79 Å². The highest BCUT2D eigenvalue weighted by molar-refractivity contribution is 7.10. The molecule has 0 fully saturated rings. The summed E-state index contributed by atoms with van der Waals surface area (Å²) in [5.41, 5.74) is 3.64. The summed E-state index contributed by atoms with van der Waals surface area (Å²) in [6, 6.07) is 8.40.